The lowest BCUT2D eigenvalue weighted by atomic mass is 9.87. The van der Waals surface area contributed by atoms with Gasteiger partial charge in [0.2, 0.25) is 5.95 Å². The number of anilines is 2. The van der Waals surface area contributed by atoms with E-state index >= 15 is 0 Å². The summed E-state index contributed by atoms with van der Waals surface area (Å²) in [6, 6.07) is 36.2. The fourth-order valence-corrected chi connectivity index (χ4v) is 6.85. The first kappa shape index (κ1) is 28.2. The van der Waals surface area contributed by atoms with Crippen molar-refractivity contribution < 1.29 is 14.9 Å². The fraction of sp³-hybridized carbons (Fsp3) is 0.167. The Balaban J connectivity index is 1.22. The van der Waals surface area contributed by atoms with E-state index in [-0.39, 0.29) is 25.2 Å². The predicted molar refractivity (Wildman–Crippen MR) is 176 cm³/mol. The average Bonchev–Trinajstić information content (AvgIpc) is 3.08. The molecule has 0 saturated heterocycles. The Hall–Kier alpha value is -4.63. The summed E-state index contributed by atoms with van der Waals surface area (Å²) in [5.74, 6) is 1.86. The van der Waals surface area contributed by atoms with Crippen molar-refractivity contribution in [3.8, 4) is 5.75 Å². The summed E-state index contributed by atoms with van der Waals surface area (Å²) in [4.78, 5) is 11.9. The van der Waals surface area contributed by atoms with Crippen LogP contribution in [0.5, 0.6) is 5.75 Å². The van der Waals surface area contributed by atoms with Crippen LogP contribution in [0.2, 0.25) is 0 Å². The van der Waals surface area contributed by atoms with Gasteiger partial charge in [0.25, 0.3) is 0 Å². The smallest absolute Gasteiger partial charge is 0.225 e. The molecule has 7 rings (SSSR count). The van der Waals surface area contributed by atoms with Crippen LogP contribution in [-0.2, 0) is 13.2 Å². The third-order valence-corrected chi connectivity index (χ3v) is 9.30. The molecule has 4 N–H and O–H groups in total. The Labute approximate surface area is 260 Å². The van der Waals surface area contributed by atoms with Crippen LogP contribution in [0.4, 0.5) is 11.8 Å². The van der Waals surface area contributed by atoms with E-state index in [0.29, 0.717) is 24.9 Å². The maximum Gasteiger partial charge on any atom is 0.225 e. The highest BCUT2D eigenvalue weighted by molar-refractivity contribution is 7.99. The van der Waals surface area contributed by atoms with E-state index in [1.165, 1.54) is 0 Å². The molecule has 0 bridgehead atoms. The van der Waals surface area contributed by atoms with E-state index in [4.69, 9.17) is 14.7 Å². The summed E-state index contributed by atoms with van der Waals surface area (Å²) >= 11 is 1.64. The van der Waals surface area contributed by atoms with Crippen LogP contribution >= 0.6 is 11.8 Å². The highest BCUT2D eigenvalue weighted by Crippen LogP contribution is 2.42. The van der Waals surface area contributed by atoms with Gasteiger partial charge in [0, 0.05) is 33.2 Å². The fourth-order valence-electron chi connectivity index (χ4n) is 5.79. The van der Waals surface area contributed by atoms with Crippen molar-refractivity contribution in [2.45, 2.75) is 29.0 Å². The third kappa shape index (κ3) is 5.55. The Morgan fingerprint density at radius 3 is 2.27 bits per heavy atom. The van der Waals surface area contributed by atoms with Gasteiger partial charge < -0.3 is 25.6 Å². The minimum Gasteiger partial charge on any atom is -0.493 e. The molecule has 0 aliphatic carbocycles. The number of hydrogen-bond donors (Lipinski definition) is 4. The summed E-state index contributed by atoms with van der Waals surface area (Å²) in [6.45, 7) is 0.894. The number of nitrogens with zero attached hydrogens (tertiary/aromatic N) is 2. The Kier molecular flexibility index (Phi) is 8.02. The lowest BCUT2D eigenvalue weighted by Gasteiger charge is -2.34. The molecule has 6 aromatic rings. The second-order valence-electron chi connectivity index (χ2n) is 10.8. The number of aliphatic hydroxyl groups excluding tert-OH is 2. The Morgan fingerprint density at radius 2 is 1.45 bits per heavy atom. The predicted octanol–water partition coefficient (Wildman–Crippen LogP) is 7.19. The number of nitrogens with one attached hydrogen (secondary N) is 2. The summed E-state index contributed by atoms with van der Waals surface area (Å²) < 4.78 is 6.11. The van der Waals surface area contributed by atoms with Gasteiger partial charge in [-0.05, 0) is 52.2 Å². The summed E-state index contributed by atoms with van der Waals surface area (Å²) in [5.41, 5.74) is 3.84. The van der Waals surface area contributed by atoms with Crippen LogP contribution < -0.4 is 15.4 Å². The molecule has 44 heavy (non-hydrogen) atoms. The van der Waals surface area contributed by atoms with E-state index in [1.807, 2.05) is 78.9 Å². The van der Waals surface area contributed by atoms with Crippen LogP contribution in [0, 0.1) is 5.92 Å². The van der Waals surface area contributed by atoms with Gasteiger partial charge in [-0.15, -0.1) is 0 Å². The van der Waals surface area contributed by atoms with Crippen molar-refractivity contribution in [3.05, 3.63) is 126 Å². The van der Waals surface area contributed by atoms with Crippen molar-refractivity contribution >= 4 is 45.2 Å². The van der Waals surface area contributed by atoms with Crippen LogP contribution in [0.25, 0.3) is 21.7 Å². The van der Waals surface area contributed by atoms with Gasteiger partial charge >= 0.3 is 0 Å². The lowest BCUT2D eigenvalue weighted by Crippen LogP contribution is -2.33. The van der Waals surface area contributed by atoms with Crippen molar-refractivity contribution in [2.24, 2.45) is 5.92 Å². The molecule has 0 spiro atoms. The molecule has 0 radical (unpaired) electrons. The number of aromatic nitrogens is 2. The first-order valence-electron chi connectivity index (χ1n) is 14.7. The molecule has 2 heterocycles. The van der Waals surface area contributed by atoms with E-state index in [9.17, 15) is 10.2 Å². The van der Waals surface area contributed by atoms with Crippen LogP contribution in [0.1, 0.15) is 22.7 Å². The highest BCUT2D eigenvalue weighted by Gasteiger charge is 2.33. The van der Waals surface area contributed by atoms with Crippen molar-refractivity contribution in [1.29, 1.82) is 0 Å². The number of para-hydroxylation sites is 1. The number of hydrogen-bond acceptors (Lipinski definition) is 8. The zero-order valence-corrected chi connectivity index (χ0v) is 24.8. The molecule has 1 aliphatic heterocycles. The SMILES string of the molecule is OCc1ccccc1Sc1ccccc1CNc1nc(NC2c3c(ccc4ccccc34)OCC2CO)c2ccccc2n1. The van der Waals surface area contributed by atoms with Crippen LogP contribution in [0.15, 0.2) is 119 Å². The van der Waals surface area contributed by atoms with Crippen molar-refractivity contribution in [1.82, 2.24) is 9.97 Å². The molecule has 1 aliphatic rings. The van der Waals surface area contributed by atoms with Gasteiger partial charge in [-0.2, -0.15) is 4.98 Å². The number of rotatable bonds is 9. The quantitative estimate of drug-likeness (QED) is 0.138. The van der Waals surface area contributed by atoms with Crippen molar-refractivity contribution in [2.75, 3.05) is 23.8 Å². The van der Waals surface area contributed by atoms with Crippen LogP contribution in [0.3, 0.4) is 0 Å². The van der Waals surface area contributed by atoms with Gasteiger partial charge in [0.05, 0.1) is 31.4 Å². The van der Waals surface area contributed by atoms with E-state index < -0.39 is 0 Å². The van der Waals surface area contributed by atoms with Gasteiger partial charge in [0.15, 0.2) is 0 Å². The molecule has 2 atom stereocenters. The number of fused-ring (bicyclic) bond motifs is 4. The lowest BCUT2D eigenvalue weighted by molar-refractivity contribution is 0.131. The second-order valence-corrected chi connectivity index (χ2v) is 11.9. The zero-order chi connectivity index (χ0) is 29.9. The molecule has 0 saturated carbocycles. The highest BCUT2D eigenvalue weighted by atomic mass is 32.2. The Bertz CT molecular complexity index is 1950. The molecule has 2 unspecified atom stereocenters. The normalized spacial score (nSPS) is 16.0. The second kappa shape index (κ2) is 12.5. The van der Waals surface area contributed by atoms with Crippen molar-refractivity contribution in [3.63, 3.8) is 0 Å². The largest absolute Gasteiger partial charge is 0.493 e. The zero-order valence-electron chi connectivity index (χ0n) is 24.0. The van der Waals surface area contributed by atoms with Gasteiger partial charge in [-0.3, -0.25) is 0 Å². The van der Waals surface area contributed by atoms with Gasteiger partial charge in [0.1, 0.15) is 11.6 Å². The number of aliphatic hydroxyl groups is 2. The maximum absolute atomic E-state index is 10.4. The van der Waals surface area contributed by atoms with Gasteiger partial charge in [-0.25, -0.2) is 4.98 Å². The topological polar surface area (TPSA) is 99.5 Å². The first-order chi connectivity index (χ1) is 21.7. The third-order valence-electron chi connectivity index (χ3n) is 8.07. The van der Waals surface area contributed by atoms with Crippen LogP contribution in [-0.4, -0.2) is 33.4 Å². The molecule has 7 nitrogen and oxygen atoms in total. The molecule has 1 aromatic heterocycles. The molecular weight excluding hydrogens is 568 g/mol. The van der Waals surface area contributed by atoms with E-state index in [0.717, 1.165) is 53.9 Å². The average molecular weight is 601 g/mol. The van der Waals surface area contributed by atoms with Gasteiger partial charge in [-0.1, -0.05) is 90.6 Å². The molecule has 220 valence electrons. The molecule has 0 fully saturated rings. The maximum atomic E-state index is 10.4. The monoisotopic (exact) mass is 600 g/mol. The standard InChI is InChI=1S/C36H32N4O3S/c41-20-25-11-3-8-16-32(25)44-31-15-7-2-10-24(31)19-37-36-38-29-14-6-5-13-28(29)35(40-36)39-34-26(21-42)22-43-30-18-17-23-9-1-4-12-27(23)33(30)34/h1-18,26,34,41-42H,19-22H2,(H2,37,38,39,40). The Morgan fingerprint density at radius 1 is 0.750 bits per heavy atom. The van der Waals surface area contributed by atoms with E-state index in [1.54, 1.807) is 11.8 Å². The molecular formula is C36H32N4O3S. The number of ether oxygens (including phenoxy) is 1. The molecule has 8 heteroatoms. The summed E-state index contributed by atoms with van der Waals surface area (Å²) in [7, 11) is 0. The summed E-state index contributed by atoms with van der Waals surface area (Å²) in [6.07, 6.45) is 0. The molecule has 0 amide bonds. The summed E-state index contributed by atoms with van der Waals surface area (Å²) in [5, 5.41) is 30.5. The first-order valence-corrected chi connectivity index (χ1v) is 15.5. The minimum atomic E-state index is -0.218. The molecule has 5 aromatic carbocycles. The van der Waals surface area contributed by atoms with E-state index in [2.05, 4.69) is 41.0 Å². The number of benzene rings is 5. The minimum absolute atomic E-state index is 0.00514.